The number of nitrogens with one attached hydrogen (secondary N) is 1. The fourth-order valence-electron chi connectivity index (χ4n) is 1.77. The summed E-state index contributed by atoms with van der Waals surface area (Å²) in [6.45, 7) is 2.38. The Hall–Kier alpha value is -0.130. The van der Waals surface area contributed by atoms with Gasteiger partial charge in [0.05, 0.1) is 12.7 Å². The van der Waals surface area contributed by atoms with Gasteiger partial charge in [-0.2, -0.15) is 0 Å². The predicted octanol–water partition coefficient (Wildman–Crippen LogP) is 2.98. The van der Waals surface area contributed by atoms with Gasteiger partial charge in [0.25, 0.3) is 0 Å². The highest BCUT2D eigenvalue weighted by atomic mass is 79.9. The van der Waals surface area contributed by atoms with Gasteiger partial charge in [0.1, 0.15) is 0 Å². The zero-order valence-corrected chi connectivity index (χ0v) is 13.1. The Morgan fingerprint density at radius 1 is 1.47 bits per heavy atom. The van der Waals surface area contributed by atoms with E-state index in [1.54, 1.807) is 0 Å². The van der Waals surface area contributed by atoms with Crippen LogP contribution in [-0.4, -0.2) is 31.0 Å². The molecule has 1 aliphatic carbocycles. The summed E-state index contributed by atoms with van der Waals surface area (Å²) in [6, 6.07) is 5.68. The molecule has 106 valence electrons. The Balaban J connectivity index is 1.62. The van der Waals surface area contributed by atoms with Gasteiger partial charge in [0.15, 0.2) is 0 Å². The van der Waals surface area contributed by atoms with E-state index in [0.717, 1.165) is 22.6 Å². The molecule has 1 fully saturated rings. The summed E-state index contributed by atoms with van der Waals surface area (Å²) < 4.78 is 6.46. The average molecular weight is 349 g/mol. The van der Waals surface area contributed by atoms with E-state index in [-0.39, 0.29) is 0 Å². The molecule has 0 spiro atoms. The van der Waals surface area contributed by atoms with Crippen LogP contribution in [0.25, 0.3) is 0 Å². The maximum absolute atomic E-state index is 9.76. The molecule has 3 nitrogen and oxygen atoms in total. The monoisotopic (exact) mass is 347 g/mol. The topological polar surface area (TPSA) is 41.5 Å². The molecular weight excluding hydrogens is 330 g/mol. The van der Waals surface area contributed by atoms with Crippen LogP contribution in [0.4, 0.5) is 0 Å². The van der Waals surface area contributed by atoms with Crippen molar-refractivity contribution in [2.24, 2.45) is 5.92 Å². The van der Waals surface area contributed by atoms with Gasteiger partial charge in [-0.1, -0.05) is 27.5 Å². The standard InChI is InChI=1S/C14H19BrClNO2/c15-14-4-3-12(16)5-11(14)6-17-7-13(18)9-19-8-10-1-2-10/h3-5,10,13,17-18H,1-2,6-9H2. The number of rotatable bonds is 8. The van der Waals surface area contributed by atoms with Crippen LogP contribution in [0, 0.1) is 5.92 Å². The van der Waals surface area contributed by atoms with Crippen LogP contribution in [0.2, 0.25) is 5.02 Å². The summed E-state index contributed by atoms with van der Waals surface area (Å²) in [4.78, 5) is 0. The Labute approximate surface area is 127 Å². The van der Waals surface area contributed by atoms with Gasteiger partial charge >= 0.3 is 0 Å². The van der Waals surface area contributed by atoms with Crippen LogP contribution < -0.4 is 5.32 Å². The second-order valence-corrected chi connectivity index (χ2v) is 6.29. The zero-order valence-electron chi connectivity index (χ0n) is 10.7. The van der Waals surface area contributed by atoms with Gasteiger partial charge in [0, 0.05) is 29.2 Å². The van der Waals surface area contributed by atoms with E-state index >= 15 is 0 Å². The molecule has 0 amide bonds. The van der Waals surface area contributed by atoms with Crippen molar-refractivity contribution in [2.45, 2.75) is 25.5 Å². The first-order valence-corrected chi connectivity index (χ1v) is 7.72. The van der Waals surface area contributed by atoms with Crippen molar-refractivity contribution in [1.29, 1.82) is 0 Å². The predicted molar refractivity (Wildman–Crippen MR) is 80.4 cm³/mol. The van der Waals surface area contributed by atoms with Crippen molar-refractivity contribution >= 4 is 27.5 Å². The van der Waals surface area contributed by atoms with Gasteiger partial charge in [-0.3, -0.25) is 0 Å². The van der Waals surface area contributed by atoms with E-state index < -0.39 is 6.10 Å². The molecule has 0 aliphatic heterocycles. The van der Waals surface area contributed by atoms with E-state index in [2.05, 4.69) is 21.2 Å². The minimum absolute atomic E-state index is 0.403. The number of benzene rings is 1. The SMILES string of the molecule is OC(CNCc1cc(Cl)ccc1Br)COCC1CC1. The number of halogens is 2. The number of aliphatic hydroxyl groups is 1. The molecule has 2 N–H and O–H groups in total. The summed E-state index contributed by atoms with van der Waals surface area (Å²) >= 11 is 9.42. The Bertz CT molecular complexity index is 412. The Morgan fingerprint density at radius 2 is 2.26 bits per heavy atom. The molecule has 1 unspecified atom stereocenters. The number of aliphatic hydroxyl groups excluding tert-OH is 1. The van der Waals surface area contributed by atoms with Gasteiger partial charge in [-0.25, -0.2) is 0 Å². The normalized spacial score (nSPS) is 16.6. The van der Waals surface area contributed by atoms with Crippen molar-refractivity contribution in [3.8, 4) is 0 Å². The quantitative estimate of drug-likeness (QED) is 0.759. The third-order valence-corrected chi connectivity index (χ3v) is 4.07. The van der Waals surface area contributed by atoms with Crippen molar-refractivity contribution in [2.75, 3.05) is 19.8 Å². The number of hydrogen-bond donors (Lipinski definition) is 2. The number of ether oxygens (including phenoxy) is 1. The minimum atomic E-state index is -0.461. The van der Waals surface area contributed by atoms with Gasteiger partial charge in [-0.15, -0.1) is 0 Å². The van der Waals surface area contributed by atoms with Gasteiger partial charge in [0.2, 0.25) is 0 Å². The molecule has 0 saturated heterocycles. The summed E-state index contributed by atoms with van der Waals surface area (Å²) in [5, 5.41) is 13.7. The maximum atomic E-state index is 9.76. The second kappa shape index (κ2) is 7.60. The van der Waals surface area contributed by atoms with Crippen molar-refractivity contribution in [3.63, 3.8) is 0 Å². The van der Waals surface area contributed by atoms with E-state index in [1.165, 1.54) is 12.8 Å². The van der Waals surface area contributed by atoms with Crippen LogP contribution in [0.1, 0.15) is 18.4 Å². The van der Waals surface area contributed by atoms with Crippen molar-refractivity contribution in [1.82, 2.24) is 5.32 Å². The van der Waals surface area contributed by atoms with E-state index in [4.69, 9.17) is 16.3 Å². The van der Waals surface area contributed by atoms with E-state index in [1.807, 2.05) is 18.2 Å². The first-order valence-electron chi connectivity index (χ1n) is 6.55. The van der Waals surface area contributed by atoms with Crippen LogP contribution in [-0.2, 0) is 11.3 Å². The molecular formula is C14H19BrClNO2. The second-order valence-electron chi connectivity index (χ2n) is 5.00. The molecule has 2 rings (SSSR count). The van der Waals surface area contributed by atoms with Gasteiger partial charge < -0.3 is 15.2 Å². The highest BCUT2D eigenvalue weighted by Crippen LogP contribution is 2.28. The molecule has 1 aromatic carbocycles. The molecule has 5 heteroatoms. The van der Waals surface area contributed by atoms with Crippen LogP contribution in [0.3, 0.4) is 0 Å². The summed E-state index contributed by atoms with van der Waals surface area (Å²) in [5.74, 6) is 0.738. The molecule has 0 heterocycles. The third kappa shape index (κ3) is 5.79. The molecule has 0 radical (unpaired) electrons. The highest BCUT2D eigenvalue weighted by molar-refractivity contribution is 9.10. The average Bonchev–Trinajstić information content (AvgIpc) is 3.18. The molecule has 1 saturated carbocycles. The summed E-state index contributed by atoms with van der Waals surface area (Å²) in [7, 11) is 0. The van der Waals surface area contributed by atoms with Crippen LogP contribution >= 0.6 is 27.5 Å². The fourth-order valence-corrected chi connectivity index (χ4v) is 2.35. The molecule has 1 aliphatic rings. The van der Waals surface area contributed by atoms with Crippen molar-refractivity contribution in [3.05, 3.63) is 33.3 Å². The van der Waals surface area contributed by atoms with Crippen LogP contribution in [0.15, 0.2) is 22.7 Å². The fraction of sp³-hybridized carbons (Fsp3) is 0.571. The van der Waals surface area contributed by atoms with Gasteiger partial charge in [-0.05, 0) is 42.5 Å². The van der Waals surface area contributed by atoms with E-state index in [0.29, 0.717) is 24.7 Å². The lowest BCUT2D eigenvalue weighted by atomic mass is 10.2. The summed E-state index contributed by atoms with van der Waals surface area (Å²) in [6.07, 6.45) is 2.09. The number of hydrogen-bond acceptors (Lipinski definition) is 3. The summed E-state index contributed by atoms with van der Waals surface area (Å²) in [5.41, 5.74) is 1.08. The molecule has 0 bridgehead atoms. The lowest BCUT2D eigenvalue weighted by molar-refractivity contribution is 0.0324. The molecule has 1 aromatic rings. The first-order chi connectivity index (χ1) is 9.15. The molecule has 0 aromatic heterocycles. The van der Waals surface area contributed by atoms with E-state index in [9.17, 15) is 5.11 Å². The Kier molecular flexibility index (Phi) is 6.10. The molecule has 19 heavy (non-hydrogen) atoms. The smallest absolute Gasteiger partial charge is 0.0897 e. The molecule has 1 atom stereocenters. The highest BCUT2D eigenvalue weighted by Gasteiger charge is 2.21. The lowest BCUT2D eigenvalue weighted by Crippen LogP contribution is -2.30. The zero-order chi connectivity index (χ0) is 13.7. The third-order valence-electron chi connectivity index (χ3n) is 3.06. The first kappa shape index (κ1) is 15.3. The lowest BCUT2D eigenvalue weighted by Gasteiger charge is -2.13. The van der Waals surface area contributed by atoms with Crippen molar-refractivity contribution < 1.29 is 9.84 Å². The largest absolute Gasteiger partial charge is 0.389 e. The minimum Gasteiger partial charge on any atom is -0.389 e. The van der Waals surface area contributed by atoms with Crippen LogP contribution in [0.5, 0.6) is 0 Å². The Morgan fingerprint density at radius 3 is 3.00 bits per heavy atom. The maximum Gasteiger partial charge on any atom is 0.0897 e.